The number of hydrogen-bond acceptors (Lipinski definition) is 3. The Hall–Kier alpha value is -0.930. The van der Waals surface area contributed by atoms with Crippen molar-refractivity contribution >= 4 is 11.6 Å². The molecule has 0 unspecified atom stereocenters. The standard InChI is InChI=1S/C16H22ClNO2/c1-15(2)19-13-8-11(12(17)9-14(13)20-15)16(10-18)6-4-3-5-7-16/h8-9H,3-7,10,18H2,1-2H3. The van der Waals surface area contributed by atoms with Gasteiger partial charge in [0.2, 0.25) is 5.79 Å². The molecule has 0 amide bonds. The predicted molar refractivity (Wildman–Crippen MR) is 80.6 cm³/mol. The van der Waals surface area contributed by atoms with E-state index in [1.54, 1.807) is 0 Å². The number of fused-ring (bicyclic) bond motifs is 1. The molecule has 1 aliphatic heterocycles. The lowest BCUT2D eigenvalue weighted by Gasteiger charge is -2.37. The fraction of sp³-hybridized carbons (Fsp3) is 0.625. The van der Waals surface area contributed by atoms with Crippen LogP contribution in [0.3, 0.4) is 0 Å². The summed E-state index contributed by atoms with van der Waals surface area (Å²) in [6.07, 6.45) is 5.93. The van der Waals surface area contributed by atoms with E-state index in [2.05, 4.69) is 0 Å². The maximum atomic E-state index is 6.51. The first-order chi connectivity index (χ1) is 9.46. The monoisotopic (exact) mass is 295 g/mol. The topological polar surface area (TPSA) is 44.5 Å². The Morgan fingerprint density at radius 1 is 1.10 bits per heavy atom. The summed E-state index contributed by atoms with van der Waals surface area (Å²) in [6, 6.07) is 3.93. The zero-order valence-corrected chi connectivity index (χ0v) is 12.9. The third-order valence-corrected chi connectivity index (χ3v) is 4.83. The van der Waals surface area contributed by atoms with Crippen LogP contribution in [0.5, 0.6) is 11.5 Å². The Morgan fingerprint density at radius 3 is 2.30 bits per heavy atom. The molecule has 3 nitrogen and oxygen atoms in total. The van der Waals surface area contributed by atoms with Crippen LogP contribution in [0.15, 0.2) is 12.1 Å². The largest absolute Gasteiger partial charge is 0.449 e. The van der Waals surface area contributed by atoms with Crippen molar-refractivity contribution in [3.8, 4) is 11.5 Å². The van der Waals surface area contributed by atoms with E-state index in [1.807, 2.05) is 26.0 Å². The van der Waals surface area contributed by atoms with Gasteiger partial charge in [0.15, 0.2) is 11.5 Å². The van der Waals surface area contributed by atoms with Crippen LogP contribution in [0, 0.1) is 0 Å². The first-order valence-corrected chi connectivity index (χ1v) is 7.76. The van der Waals surface area contributed by atoms with E-state index in [0.717, 1.165) is 34.9 Å². The van der Waals surface area contributed by atoms with Crippen LogP contribution in [0.25, 0.3) is 0 Å². The smallest absolute Gasteiger partial charge is 0.246 e. The summed E-state index contributed by atoms with van der Waals surface area (Å²) in [5.41, 5.74) is 7.23. The number of hydrogen-bond donors (Lipinski definition) is 1. The molecular weight excluding hydrogens is 274 g/mol. The molecule has 4 heteroatoms. The van der Waals surface area contributed by atoms with Crippen molar-refractivity contribution in [2.75, 3.05) is 6.54 Å². The first kappa shape index (κ1) is 14.0. The van der Waals surface area contributed by atoms with E-state index in [0.29, 0.717) is 6.54 Å². The van der Waals surface area contributed by atoms with Crippen LogP contribution in [-0.2, 0) is 5.41 Å². The lowest BCUT2D eigenvalue weighted by atomic mass is 9.69. The lowest BCUT2D eigenvalue weighted by molar-refractivity contribution is -0.0431. The second-order valence-electron chi connectivity index (χ2n) is 6.43. The van der Waals surface area contributed by atoms with Crippen LogP contribution in [-0.4, -0.2) is 12.3 Å². The van der Waals surface area contributed by atoms with Crippen LogP contribution >= 0.6 is 11.6 Å². The van der Waals surface area contributed by atoms with E-state index in [4.69, 9.17) is 26.8 Å². The Balaban J connectivity index is 2.03. The molecule has 1 fully saturated rings. The number of halogens is 1. The second kappa shape index (κ2) is 4.81. The van der Waals surface area contributed by atoms with Crippen molar-refractivity contribution in [1.82, 2.24) is 0 Å². The van der Waals surface area contributed by atoms with Gasteiger partial charge in [-0.1, -0.05) is 30.9 Å². The molecule has 110 valence electrons. The maximum absolute atomic E-state index is 6.51. The van der Waals surface area contributed by atoms with Crippen molar-refractivity contribution in [2.24, 2.45) is 5.73 Å². The minimum Gasteiger partial charge on any atom is -0.449 e. The van der Waals surface area contributed by atoms with Crippen molar-refractivity contribution < 1.29 is 9.47 Å². The Kier molecular flexibility index (Phi) is 3.38. The average molecular weight is 296 g/mol. The lowest BCUT2D eigenvalue weighted by Crippen LogP contribution is -2.37. The summed E-state index contributed by atoms with van der Waals surface area (Å²) in [5.74, 6) is 0.895. The minimum absolute atomic E-state index is 0.000453. The van der Waals surface area contributed by atoms with Gasteiger partial charge in [0.05, 0.1) is 0 Å². The van der Waals surface area contributed by atoms with Crippen molar-refractivity contribution in [3.63, 3.8) is 0 Å². The third-order valence-electron chi connectivity index (χ3n) is 4.52. The molecule has 20 heavy (non-hydrogen) atoms. The Labute approximate surface area is 125 Å². The predicted octanol–water partition coefficient (Wildman–Crippen LogP) is 4.01. The van der Waals surface area contributed by atoms with Gasteiger partial charge < -0.3 is 15.2 Å². The average Bonchev–Trinajstić information content (AvgIpc) is 2.71. The van der Waals surface area contributed by atoms with Gasteiger partial charge in [-0.15, -0.1) is 0 Å². The summed E-state index contributed by atoms with van der Waals surface area (Å²) in [6.45, 7) is 4.44. The molecule has 2 N–H and O–H groups in total. The summed E-state index contributed by atoms with van der Waals surface area (Å²) in [4.78, 5) is 0. The van der Waals surface area contributed by atoms with Gasteiger partial charge >= 0.3 is 0 Å². The molecule has 1 heterocycles. The molecule has 1 saturated carbocycles. The van der Waals surface area contributed by atoms with Gasteiger partial charge in [0.25, 0.3) is 0 Å². The molecule has 3 rings (SSSR count). The van der Waals surface area contributed by atoms with Gasteiger partial charge in [-0.3, -0.25) is 0 Å². The summed E-state index contributed by atoms with van der Waals surface area (Å²) in [5, 5.41) is 0.748. The van der Waals surface area contributed by atoms with Crippen LogP contribution in [0.2, 0.25) is 5.02 Å². The summed E-state index contributed by atoms with van der Waals surface area (Å²) < 4.78 is 11.6. The van der Waals surface area contributed by atoms with Gasteiger partial charge in [-0.05, 0) is 24.5 Å². The number of ether oxygens (including phenoxy) is 2. The van der Waals surface area contributed by atoms with Crippen molar-refractivity contribution in [2.45, 2.75) is 57.2 Å². The molecule has 0 saturated heterocycles. The zero-order chi connectivity index (χ0) is 14.4. The molecule has 1 aromatic rings. The molecule has 0 bridgehead atoms. The van der Waals surface area contributed by atoms with E-state index < -0.39 is 5.79 Å². The summed E-state index contributed by atoms with van der Waals surface area (Å²) in [7, 11) is 0. The van der Waals surface area contributed by atoms with E-state index in [9.17, 15) is 0 Å². The maximum Gasteiger partial charge on any atom is 0.246 e. The van der Waals surface area contributed by atoms with E-state index in [-0.39, 0.29) is 5.41 Å². The zero-order valence-electron chi connectivity index (χ0n) is 12.2. The molecule has 1 aromatic carbocycles. The van der Waals surface area contributed by atoms with E-state index >= 15 is 0 Å². The molecule has 1 aliphatic carbocycles. The van der Waals surface area contributed by atoms with Crippen LogP contribution < -0.4 is 15.2 Å². The molecule has 0 spiro atoms. The normalized spacial score (nSPS) is 22.8. The van der Waals surface area contributed by atoms with Crippen molar-refractivity contribution in [1.29, 1.82) is 0 Å². The SMILES string of the molecule is CC1(C)Oc2cc(Cl)c(C3(CN)CCCCC3)cc2O1. The Morgan fingerprint density at radius 2 is 1.70 bits per heavy atom. The third kappa shape index (κ3) is 2.27. The van der Waals surface area contributed by atoms with Gasteiger partial charge in [0, 0.05) is 36.9 Å². The first-order valence-electron chi connectivity index (χ1n) is 7.38. The highest BCUT2D eigenvalue weighted by molar-refractivity contribution is 6.31. The molecule has 2 aliphatic rings. The Bertz CT molecular complexity index is 521. The highest BCUT2D eigenvalue weighted by atomic mass is 35.5. The fourth-order valence-electron chi connectivity index (χ4n) is 3.46. The summed E-state index contributed by atoms with van der Waals surface area (Å²) >= 11 is 6.51. The van der Waals surface area contributed by atoms with Gasteiger partial charge in [-0.25, -0.2) is 0 Å². The number of nitrogens with two attached hydrogens (primary N) is 1. The fourth-order valence-corrected chi connectivity index (χ4v) is 3.82. The highest BCUT2D eigenvalue weighted by Crippen LogP contribution is 2.48. The van der Waals surface area contributed by atoms with E-state index in [1.165, 1.54) is 19.3 Å². The molecule has 0 atom stereocenters. The quantitative estimate of drug-likeness (QED) is 0.896. The second-order valence-corrected chi connectivity index (χ2v) is 6.84. The molecule has 0 aromatic heterocycles. The van der Waals surface area contributed by atoms with Crippen LogP contribution in [0.4, 0.5) is 0 Å². The number of rotatable bonds is 2. The van der Waals surface area contributed by atoms with Crippen molar-refractivity contribution in [3.05, 3.63) is 22.7 Å². The van der Waals surface area contributed by atoms with Crippen LogP contribution in [0.1, 0.15) is 51.5 Å². The number of benzene rings is 1. The van der Waals surface area contributed by atoms with Gasteiger partial charge in [0.1, 0.15) is 0 Å². The molecule has 0 radical (unpaired) electrons. The molecular formula is C16H22ClNO2. The van der Waals surface area contributed by atoms with Gasteiger partial charge in [-0.2, -0.15) is 0 Å². The highest BCUT2D eigenvalue weighted by Gasteiger charge is 2.38. The minimum atomic E-state index is -0.618.